The van der Waals surface area contributed by atoms with Gasteiger partial charge in [0.25, 0.3) is 11.5 Å². The van der Waals surface area contributed by atoms with E-state index in [0.29, 0.717) is 5.56 Å². The maximum atomic E-state index is 13.1. The summed E-state index contributed by atoms with van der Waals surface area (Å²) in [7, 11) is 0. The first kappa shape index (κ1) is 19.7. The van der Waals surface area contributed by atoms with Gasteiger partial charge in [0.2, 0.25) is 5.78 Å². The molecule has 142 valence electrons. The molecule has 2 aromatic carbocycles. The van der Waals surface area contributed by atoms with Crippen molar-refractivity contribution in [3.05, 3.63) is 113 Å². The van der Waals surface area contributed by atoms with Crippen molar-refractivity contribution in [2.75, 3.05) is 0 Å². The average Bonchev–Trinajstić information content (AvgIpc) is 2.76. The Labute approximate surface area is 168 Å². The number of rotatable bonds is 6. The first-order valence-corrected chi connectivity index (χ1v) is 8.90. The number of nitrogens with zero attached hydrogens (tertiary/aromatic N) is 2. The third kappa shape index (κ3) is 4.43. The van der Waals surface area contributed by atoms with Gasteiger partial charge in [0, 0.05) is 29.3 Å². The van der Waals surface area contributed by atoms with Gasteiger partial charge in [-0.15, -0.1) is 0 Å². The van der Waals surface area contributed by atoms with Gasteiger partial charge in [-0.3, -0.25) is 15.5 Å². The standard InChI is InChI=1S/C24H18N2O3/c1-17-10-11-22(27)20(14-17)23(28)19(16-25)15-21(26-12-6-3-7-13-26)24(29)18-8-4-2-5-9-18/h2-15,27H,1H3/b21-15-. The van der Waals surface area contributed by atoms with Crippen molar-refractivity contribution in [2.24, 2.45) is 0 Å². The molecule has 0 aliphatic heterocycles. The molecule has 1 aromatic heterocycles. The predicted octanol–water partition coefficient (Wildman–Crippen LogP) is 3.76. The number of carbonyl (C=O) groups excluding carboxylic acids is 2. The maximum absolute atomic E-state index is 13.1. The zero-order chi connectivity index (χ0) is 20.8. The molecule has 0 unspecified atom stereocenters. The molecule has 0 atom stereocenters. The highest BCUT2D eigenvalue weighted by molar-refractivity contribution is 6.25. The number of benzene rings is 2. The van der Waals surface area contributed by atoms with Gasteiger partial charge >= 0.3 is 0 Å². The van der Waals surface area contributed by atoms with Gasteiger partial charge < -0.3 is 10.5 Å². The molecule has 0 amide bonds. The fraction of sp³-hybridized carbons (Fsp3) is 0.0417. The molecule has 1 N–H and O–H groups in total. The third-order valence-corrected chi connectivity index (χ3v) is 4.31. The Morgan fingerprint density at radius 2 is 1.62 bits per heavy atom. The Morgan fingerprint density at radius 3 is 2.28 bits per heavy atom. The third-order valence-electron chi connectivity index (χ3n) is 4.31. The zero-order valence-electron chi connectivity index (χ0n) is 15.7. The van der Waals surface area contributed by atoms with Crippen LogP contribution >= 0.6 is 0 Å². The molecule has 0 spiro atoms. The quantitative estimate of drug-likeness (QED) is 0.232. The van der Waals surface area contributed by atoms with Crippen molar-refractivity contribution in [1.29, 1.82) is 0 Å². The van der Waals surface area contributed by atoms with Gasteiger partial charge in [0.1, 0.15) is 5.75 Å². The molecular weight excluding hydrogens is 364 g/mol. The Hall–Kier alpha value is -4.08. The van der Waals surface area contributed by atoms with Crippen LogP contribution in [0.15, 0.2) is 90.8 Å². The van der Waals surface area contributed by atoms with E-state index in [2.05, 4.69) is 0 Å². The molecule has 1 heterocycles. The van der Waals surface area contributed by atoms with E-state index in [1.807, 2.05) is 5.87 Å². The maximum Gasteiger partial charge on any atom is 0.260 e. The summed E-state index contributed by atoms with van der Waals surface area (Å²) in [6.07, 6.45) is 4.59. The Bertz CT molecular complexity index is 1140. The number of hydrogen-bond acceptors (Lipinski definition) is 3. The Morgan fingerprint density at radius 1 is 0.966 bits per heavy atom. The number of carbonyl (C=O) groups is 2. The van der Waals surface area contributed by atoms with Crippen LogP contribution in [0.3, 0.4) is 0 Å². The van der Waals surface area contributed by atoms with E-state index in [-0.39, 0.29) is 28.4 Å². The number of pyridine rings is 1. The van der Waals surface area contributed by atoms with Crippen LogP contribution in [0.4, 0.5) is 0 Å². The summed E-state index contributed by atoms with van der Waals surface area (Å²) < 4.78 is 1.55. The van der Waals surface area contributed by atoms with E-state index in [0.717, 1.165) is 5.56 Å². The number of aromatic hydroxyl groups is 1. The molecule has 3 aromatic rings. The van der Waals surface area contributed by atoms with Gasteiger partial charge in [-0.05, 0) is 19.1 Å². The monoisotopic (exact) mass is 382 g/mol. The summed E-state index contributed by atoms with van der Waals surface area (Å²) in [5.41, 5.74) is 1.11. The molecular formula is C24H18N2O3. The molecule has 3 rings (SSSR count). The van der Waals surface area contributed by atoms with Crippen LogP contribution in [0.1, 0.15) is 26.3 Å². The average molecular weight is 382 g/mol. The highest BCUT2D eigenvalue weighted by Gasteiger charge is 2.24. The van der Waals surface area contributed by atoms with Gasteiger partial charge in [0.15, 0.2) is 12.4 Å². The van der Waals surface area contributed by atoms with Gasteiger partial charge in [-0.2, -0.15) is 4.57 Å². The van der Waals surface area contributed by atoms with E-state index >= 15 is 0 Å². The van der Waals surface area contributed by atoms with E-state index < -0.39 is 5.78 Å². The van der Waals surface area contributed by atoms with E-state index in [1.165, 1.54) is 18.2 Å². The first-order chi connectivity index (χ1) is 14.0. The zero-order valence-corrected chi connectivity index (χ0v) is 15.7. The Balaban J connectivity index is 2.11. The summed E-state index contributed by atoms with van der Waals surface area (Å²) in [5, 5.41) is 19.7. The summed E-state index contributed by atoms with van der Waals surface area (Å²) in [6, 6.07) is 18.5. The van der Waals surface area contributed by atoms with Crippen LogP contribution in [0.5, 0.6) is 5.75 Å². The lowest BCUT2D eigenvalue weighted by Crippen LogP contribution is -2.35. The molecule has 0 radical (unpaired) electrons. The summed E-state index contributed by atoms with van der Waals surface area (Å²) in [6.45, 7) is 1.78. The number of phenols is 1. The van der Waals surface area contributed by atoms with Gasteiger partial charge in [-0.1, -0.05) is 48.0 Å². The summed E-state index contributed by atoms with van der Waals surface area (Å²) in [5.74, 6) is 0.663. The van der Waals surface area contributed by atoms with Crippen molar-refractivity contribution < 1.29 is 19.3 Å². The molecule has 0 aliphatic rings. The number of hydrogen-bond donors (Lipinski definition) is 1. The van der Waals surface area contributed by atoms with Crippen LogP contribution in [-0.4, -0.2) is 22.5 Å². The van der Waals surface area contributed by atoms with Gasteiger partial charge in [0.05, 0.1) is 5.56 Å². The van der Waals surface area contributed by atoms with Crippen LogP contribution in [0, 0.1) is 6.92 Å². The van der Waals surface area contributed by atoms with Crippen molar-refractivity contribution in [2.45, 2.75) is 6.92 Å². The minimum absolute atomic E-state index is 0.0161. The fourth-order valence-corrected chi connectivity index (χ4v) is 2.82. The number of allylic oxidation sites excluding steroid dienone is 3. The molecule has 0 bridgehead atoms. The van der Waals surface area contributed by atoms with Crippen molar-refractivity contribution in [1.82, 2.24) is 0 Å². The van der Waals surface area contributed by atoms with Gasteiger partial charge in [-0.25, -0.2) is 0 Å². The lowest BCUT2D eigenvalue weighted by atomic mass is 9.99. The van der Waals surface area contributed by atoms with Crippen molar-refractivity contribution in [3.8, 4) is 5.75 Å². The topological polar surface area (TPSA) is 80.5 Å². The largest absolute Gasteiger partial charge is 0.763 e. The number of aromatic nitrogens is 1. The minimum Gasteiger partial charge on any atom is -0.763 e. The van der Waals surface area contributed by atoms with Crippen LogP contribution in [0.2, 0.25) is 0 Å². The van der Waals surface area contributed by atoms with E-state index in [4.69, 9.17) is 0 Å². The second kappa shape index (κ2) is 8.74. The molecule has 29 heavy (non-hydrogen) atoms. The summed E-state index contributed by atoms with van der Waals surface area (Å²) >= 11 is 0. The highest BCUT2D eigenvalue weighted by atomic mass is 16.3. The predicted molar refractivity (Wildman–Crippen MR) is 111 cm³/mol. The fourth-order valence-electron chi connectivity index (χ4n) is 2.82. The molecule has 0 saturated carbocycles. The molecule has 5 nitrogen and oxygen atoms in total. The Kier molecular flexibility index (Phi) is 5.93. The van der Waals surface area contributed by atoms with E-state index in [9.17, 15) is 20.1 Å². The van der Waals surface area contributed by atoms with Crippen LogP contribution < -0.4 is 4.57 Å². The number of Topliss-reactive ketones (excluding diaryl/α,β-unsaturated/α-hetero) is 2. The summed E-state index contributed by atoms with van der Waals surface area (Å²) in [4.78, 5) is 26.0. The van der Waals surface area contributed by atoms with Crippen molar-refractivity contribution >= 4 is 23.1 Å². The first-order valence-electron chi connectivity index (χ1n) is 8.90. The second-order valence-electron chi connectivity index (χ2n) is 6.38. The normalized spacial score (nSPS) is 10.9. The number of aryl methyl sites for hydroxylation is 1. The molecule has 5 heteroatoms. The van der Waals surface area contributed by atoms with Crippen LogP contribution in [-0.2, 0) is 0 Å². The second-order valence-corrected chi connectivity index (χ2v) is 6.38. The van der Waals surface area contributed by atoms with Crippen molar-refractivity contribution in [3.63, 3.8) is 0 Å². The van der Waals surface area contributed by atoms with Crippen LogP contribution in [0.25, 0.3) is 11.1 Å². The minimum atomic E-state index is -0.649. The SMILES string of the molecule is Cc1ccc(O)c(C(=O)C(=C=[N-])/C=C(/C(=O)c2ccccc2)[n+]2ccccc2)c1. The molecule has 0 fully saturated rings. The van der Waals surface area contributed by atoms with E-state index in [1.54, 1.807) is 78.5 Å². The smallest absolute Gasteiger partial charge is 0.260 e. The molecule has 0 saturated heterocycles. The lowest BCUT2D eigenvalue weighted by Gasteiger charge is -2.07. The number of ketones is 2. The highest BCUT2D eigenvalue weighted by Crippen LogP contribution is 2.22. The lowest BCUT2D eigenvalue weighted by molar-refractivity contribution is -0.576. The molecule has 0 aliphatic carbocycles. The number of phenolic OH excluding ortho intramolecular Hbond substituents is 1.